The molecule has 0 saturated carbocycles. The van der Waals surface area contributed by atoms with E-state index in [0.29, 0.717) is 18.5 Å². The molecule has 0 saturated heterocycles. The first-order valence-electron chi connectivity index (χ1n) is 6.76. The molecule has 1 N–H and O–H groups in total. The van der Waals surface area contributed by atoms with Gasteiger partial charge in [-0.25, -0.2) is 8.78 Å². The molecule has 20 heavy (non-hydrogen) atoms. The van der Waals surface area contributed by atoms with Crippen LogP contribution in [0.15, 0.2) is 42.5 Å². The van der Waals surface area contributed by atoms with Gasteiger partial charge in [0.05, 0.1) is 0 Å². The van der Waals surface area contributed by atoms with Crippen molar-refractivity contribution in [3.05, 3.63) is 70.8 Å². The number of hydrogen-bond acceptors (Lipinski definition) is 1. The zero-order chi connectivity index (χ0) is 14.5. The predicted octanol–water partition coefficient (Wildman–Crippen LogP) is 3.82. The van der Waals surface area contributed by atoms with Crippen molar-refractivity contribution in [2.75, 3.05) is 13.6 Å². The largest absolute Gasteiger partial charge is 0.319 e. The fourth-order valence-corrected chi connectivity index (χ4v) is 2.43. The summed E-state index contributed by atoms with van der Waals surface area (Å²) < 4.78 is 28.0. The smallest absolute Gasteiger partial charge is 0.132 e. The molecule has 0 fully saturated rings. The van der Waals surface area contributed by atoms with Crippen LogP contribution in [0, 0.1) is 18.6 Å². The molecule has 0 radical (unpaired) electrons. The third-order valence-electron chi connectivity index (χ3n) is 3.55. The molecule has 0 aliphatic rings. The molecule has 0 heterocycles. The fourth-order valence-electron chi connectivity index (χ4n) is 2.43. The van der Waals surface area contributed by atoms with Crippen LogP contribution >= 0.6 is 0 Å². The molecule has 1 nitrogen and oxygen atoms in total. The average Bonchev–Trinajstić information content (AvgIpc) is 2.47. The standard InChI is InChI=1S/C17H19F2N/c1-12-8-9-16(18)15(17(12)19)10-14(11-20-2)13-6-4-3-5-7-13/h3-9,14,20H,10-11H2,1-2H3. The summed E-state index contributed by atoms with van der Waals surface area (Å²) in [7, 11) is 1.85. The SMILES string of the molecule is CNCC(Cc1c(F)ccc(C)c1F)c1ccccc1. The molecule has 2 rings (SSSR count). The average molecular weight is 275 g/mol. The minimum Gasteiger partial charge on any atom is -0.319 e. The van der Waals surface area contributed by atoms with Crippen molar-refractivity contribution in [2.45, 2.75) is 19.3 Å². The van der Waals surface area contributed by atoms with Gasteiger partial charge in [-0.15, -0.1) is 0 Å². The van der Waals surface area contributed by atoms with E-state index in [1.165, 1.54) is 12.1 Å². The Kier molecular flexibility index (Phi) is 4.85. The summed E-state index contributed by atoms with van der Waals surface area (Å²) in [5, 5.41) is 3.10. The van der Waals surface area contributed by atoms with Crippen LogP contribution in [0.2, 0.25) is 0 Å². The minimum absolute atomic E-state index is 0.0481. The van der Waals surface area contributed by atoms with E-state index in [4.69, 9.17) is 0 Å². The highest BCUT2D eigenvalue weighted by atomic mass is 19.1. The molecule has 1 unspecified atom stereocenters. The second-order valence-corrected chi connectivity index (χ2v) is 5.03. The fraction of sp³-hybridized carbons (Fsp3) is 0.294. The van der Waals surface area contributed by atoms with Crippen molar-refractivity contribution < 1.29 is 8.78 Å². The van der Waals surface area contributed by atoms with Gasteiger partial charge in [-0.1, -0.05) is 36.4 Å². The molecule has 106 valence electrons. The third kappa shape index (κ3) is 3.23. The van der Waals surface area contributed by atoms with Crippen molar-refractivity contribution in [1.82, 2.24) is 5.32 Å². The van der Waals surface area contributed by atoms with Gasteiger partial charge in [0, 0.05) is 18.0 Å². The molecule has 0 aliphatic heterocycles. The molecular weight excluding hydrogens is 256 g/mol. The van der Waals surface area contributed by atoms with Gasteiger partial charge in [-0.3, -0.25) is 0 Å². The molecule has 0 spiro atoms. The summed E-state index contributed by atoms with van der Waals surface area (Å²) in [6.45, 7) is 2.34. The third-order valence-corrected chi connectivity index (χ3v) is 3.55. The molecule has 0 aromatic heterocycles. The highest BCUT2D eigenvalue weighted by Crippen LogP contribution is 2.25. The lowest BCUT2D eigenvalue weighted by Crippen LogP contribution is -2.20. The van der Waals surface area contributed by atoms with E-state index in [-0.39, 0.29) is 11.5 Å². The molecule has 3 heteroatoms. The molecule has 0 aliphatic carbocycles. The maximum absolute atomic E-state index is 14.1. The summed E-state index contributed by atoms with van der Waals surface area (Å²) in [5.74, 6) is -0.848. The van der Waals surface area contributed by atoms with E-state index in [2.05, 4.69) is 5.32 Å². The molecule has 2 aromatic carbocycles. The Hall–Kier alpha value is -1.74. The number of nitrogens with one attached hydrogen (secondary N) is 1. The minimum atomic E-state index is -0.467. The van der Waals surface area contributed by atoms with Crippen LogP contribution in [-0.2, 0) is 6.42 Å². The van der Waals surface area contributed by atoms with Crippen LogP contribution in [0.25, 0.3) is 0 Å². The van der Waals surface area contributed by atoms with E-state index in [9.17, 15) is 8.78 Å². The second kappa shape index (κ2) is 6.62. The monoisotopic (exact) mass is 275 g/mol. The molecule has 1 atom stereocenters. The highest BCUT2D eigenvalue weighted by molar-refractivity contribution is 5.30. The van der Waals surface area contributed by atoms with E-state index < -0.39 is 11.6 Å². The Balaban J connectivity index is 2.32. The van der Waals surface area contributed by atoms with Crippen molar-refractivity contribution in [3.8, 4) is 0 Å². The van der Waals surface area contributed by atoms with Gasteiger partial charge >= 0.3 is 0 Å². The van der Waals surface area contributed by atoms with Crippen molar-refractivity contribution in [1.29, 1.82) is 0 Å². The first kappa shape index (κ1) is 14.7. The second-order valence-electron chi connectivity index (χ2n) is 5.03. The Bertz CT molecular complexity index is 567. The Labute approximate surface area is 118 Å². The van der Waals surface area contributed by atoms with Gasteiger partial charge in [0.25, 0.3) is 0 Å². The zero-order valence-corrected chi connectivity index (χ0v) is 11.8. The lowest BCUT2D eigenvalue weighted by molar-refractivity contribution is 0.525. The number of benzene rings is 2. The van der Waals surface area contributed by atoms with Crippen molar-refractivity contribution in [2.24, 2.45) is 0 Å². The first-order valence-corrected chi connectivity index (χ1v) is 6.76. The van der Waals surface area contributed by atoms with Crippen molar-refractivity contribution >= 4 is 0 Å². The van der Waals surface area contributed by atoms with Crippen LogP contribution in [-0.4, -0.2) is 13.6 Å². The highest BCUT2D eigenvalue weighted by Gasteiger charge is 2.18. The molecular formula is C17H19F2N. The van der Waals surface area contributed by atoms with E-state index >= 15 is 0 Å². The van der Waals surface area contributed by atoms with Crippen LogP contribution in [0.5, 0.6) is 0 Å². The normalized spacial score (nSPS) is 12.4. The molecule has 0 amide bonds. The first-order chi connectivity index (χ1) is 9.63. The topological polar surface area (TPSA) is 12.0 Å². The van der Waals surface area contributed by atoms with E-state index in [0.717, 1.165) is 5.56 Å². The van der Waals surface area contributed by atoms with Crippen LogP contribution in [0.3, 0.4) is 0 Å². The quantitative estimate of drug-likeness (QED) is 0.874. The Morgan fingerprint density at radius 1 is 1.05 bits per heavy atom. The summed E-state index contributed by atoms with van der Waals surface area (Å²) >= 11 is 0. The Morgan fingerprint density at radius 2 is 1.75 bits per heavy atom. The number of aryl methyl sites for hydroxylation is 1. The van der Waals surface area contributed by atoms with Gasteiger partial charge in [0.15, 0.2) is 0 Å². The summed E-state index contributed by atoms with van der Waals surface area (Å²) in [6, 6.07) is 12.6. The summed E-state index contributed by atoms with van der Waals surface area (Å²) in [4.78, 5) is 0. The van der Waals surface area contributed by atoms with E-state index in [1.807, 2.05) is 37.4 Å². The molecule has 0 bridgehead atoms. The lowest BCUT2D eigenvalue weighted by atomic mass is 9.91. The maximum Gasteiger partial charge on any atom is 0.132 e. The van der Waals surface area contributed by atoms with Crippen LogP contribution < -0.4 is 5.32 Å². The predicted molar refractivity (Wildman–Crippen MR) is 77.9 cm³/mol. The number of rotatable bonds is 5. The maximum atomic E-state index is 14.1. The van der Waals surface area contributed by atoms with Crippen LogP contribution in [0.1, 0.15) is 22.6 Å². The lowest BCUT2D eigenvalue weighted by Gasteiger charge is -2.18. The summed E-state index contributed by atoms with van der Waals surface area (Å²) in [6.07, 6.45) is 0.351. The van der Waals surface area contributed by atoms with Gasteiger partial charge < -0.3 is 5.32 Å². The van der Waals surface area contributed by atoms with Gasteiger partial charge in [0.2, 0.25) is 0 Å². The van der Waals surface area contributed by atoms with Crippen molar-refractivity contribution in [3.63, 3.8) is 0 Å². The van der Waals surface area contributed by atoms with Gasteiger partial charge in [-0.05, 0) is 37.6 Å². The van der Waals surface area contributed by atoms with Crippen LogP contribution in [0.4, 0.5) is 8.78 Å². The zero-order valence-electron chi connectivity index (χ0n) is 11.8. The number of hydrogen-bond donors (Lipinski definition) is 1. The molecule has 2 aromatic rings. The number of likely N-dealkylation sites (N-methyl/N-ethyl adjacent to an activating group) is 1. The summed E-state index contributed by atoms with van der Waals surface area (Å²) in [5.41, 5.74) is 1.74. The van der Waals surface area contributed by atoms with Gasteiger partial charge in [-0.2, -0.15) is 0 Å². The van der Waals surface area contributed by atoms with Gasteiger partial charge in [0.1, 0.15) is 11.6 Å². The Morgan fingerprint density at radius 3 is 2.40 bits per heavy atom. The number of halogens is 2. The van der Waals surface area contributed by atoms with E-state index in [1.54, 1.807) is 6.92 Å².